The lowest BCUT2D eigenvalue weighted by Gasteiger charge is -2.11. The molecular formula is C13H7F4NO2. The summed E-state index contributed by atoms with van der Waals surface area (Å²) in [6.45, 7) is 0. The van der Waals surface area contributed by atoms with Crippen molar-refractivity contribution in [1.29, 1.82) is 0 Å². The summed E-state index contributed by atoms with van der Waals surface area (Å²) in [4.78, 5) is 14.3. The Balaban J connectivity index is 2.64. The second kappa shape index (κ2) is 4.92. The van der Waals surface area contributed by atoms with Gasteiger partial charge in [-0.05, 0) is 23.8 Å². The van der Waals surface area contributed by atoms with Crippen LogP contribution in [0.3, 0.4) is 0 Å². The number of halogens is 4. The standard InChI is InChI=1S/C13H7F4NO2/c14-9-3-1-7(2-4-9)10-5-8(13(15,16)17)6-18-11(10)12(19)20/h1-6H,(H,19,20). The molecule has 1 N–H and O–H groups in total. The van der Waals surface area contributed by atoms with E-state index in [-0.39, 0.29) is 11.1 Å². The molecule has 0 saturated heterocycles. The highest BCUT2D eigenvalue weighted by atomic mass is 19.4. The number of carboxylic acids is 1. The summed E-state index contributed by atoms with van der Waals surface area (Å²) in [6.07, 6.45) is -4.19. The van der Waals surface area contributed by atoms with E-state index in [2.05, 4.69) is 4.98 Å². The van der Waals surface area contributed by atoms with Crippen LogP contribution in [0.5, 0.6) is 0 Å². The van der Waals surface area contributed by atoms with Gasteiger partial charge in [-0.3, -0.25) is 0 Å². The van der Waals surface area contributed by atoms with E-state index in [1.165, 1.54) is 12.1 Å². The Morgan fingerprint density at radius 2 is 1.75 bits per heavy atom. The van der Waals surface area contributed by atoms with Gasteiger partial charge in [-0.1, -0.05) is 12.1 Å². The normalized spacial score (nSPS) is 11.4. The Labute approximate surface area is 110 Å². The molecule has 0 spiro atoms. The van der Waals surface area contributed by atoms with Crippen LogP contribution < -0.4 is 0 Å². The molecule has 0 unspecified atom stereocenters. The fourth-order valence-corrected chi connectivity index (χ4v) is 1.64. The molecule has 0 fully saturated rings. The van der Waals surface area contributed by atoms with Gasteiger partial charge < -0.3 is 5.11 Å². The van der Waals surface area contributed by atoms with Gasteiger partial charge in [0.15, 0.2) is 5.69 Å². The average Bonchev–Trinajstić information content (AvgIpc) is 2.37. The van der Waals surface area contributed by atoms with Crippen molar-refractivity contribution in [1.82, 2.24) is 4.98 Å². The molecule has 0 aliphatic rings. The van der Waals surface area contributed by atoms with Crippen molar-refractivity contribution < 1.29 is 27.5 Å². The van der Waals surface area contributed by atoms with Gasteiger partial charge in [-0.2, -0.15) is 13.2 Å². The quantitative estimate of drug-likeness (QED) is 0.858. The first kappa shape index (κ1) is 14.0. The SMILES string of the molecule is O=C(O)c1ncc(C(F)(F)F)cc1-c1ccc(F)cc1. The van der Waals surface area contributed by atoms with Gasteiger partial charge >= 0.3 is 12.1 Å². The average molecular weight is 285 g/mol. The summed E-state index contributed by atoms with van der Waals surface area (Å²) in [6, 6.07) is 5.13. The first-order chi connectivity index (χ1) is 9.29. The van der Waals surface area contributed by atoms with E-state index in [4.69, 9.17) is 5.11 Å². The molecule has 3 nitrogen and oxygen atoms in total. The summed E-state index contributed by atoms with van der Waals surface area (Å²) in [5.41, 5.74) is -1.67. The van der Waals surface area contributed by atoms with Crippen LogP contribution in [0.2, 0.25) is 0 Å². The molecule has 0 aliphatic carbocycles. The fraction of sp³-hybridized carbons (Fsp3) is 0.0769. The molecule has 2 rings (SSSR count). The molecule has 20 heavy (non-hydrogen) atoms. The molecule has 1 aromatic carbocycles. The van der Waals surface area contributed by atoms with Gasteiger partial charge in [0.25, 0.3) is 0 Å². The Bertz CT molecular complexity index is 650. The number of hydrogen-bond acceptors (Lipinski definition) is 2. The van der Waals surface area contributed by atoms with Gasteiger partial charge in [0.1, 0.15) is 5.82 Å². The van der Waals surface area contributed by atoms with Crippen molar-refractivity contribution in [2.75, 3.05) is 0 Å². The summed E-state index contributed by atoms with van der Waals surface area (Å²) in [5, 5.41) is 8.96. The predicted molar refractivity (Wildman–Crippen MR) is 61.6 cm³/mol. The molecule has 2 aromatic rings. The number of benzene rings is 1. The zero-order valence-corrected chi connectivity index (χ0v) is 9.78. The van der Waals surface area contributed by atoms with Crippen LogP contribution in [-0.2, 0) is 6.18 Å². The highest BCUT2D eigenvalue weighted by molar-refractivity contribution is 5.94. The van der Waals surface area contributed by atoms with E-state index in [0.29, 0.717) is 12.3 Å². The summed E-state index contributed by atoms with van der Waals surface area (Å²) in [7, 11) is 0. The number of hydrogen-bond donors (Lipinski definition) is 1. The topological polar surface area (TPSA) is 50.2 Å². The van der Waals surface area contributed by atoms with Crippen LogP contribution in [0.4, 0.5) is 17.6 Å². The number of aromatic nitrogens is 1. The molecule has 0 saturated carbocycles. The van der Waals surface area contributed by atoms with Crippen LogP contribution in [0, 0.1) is 5.82 Å². The van der Waals surface area contributed by atoms with E-state index >= 15 is 0 Å². The smallest absolute Gasteiger partial charge is 0.417 e. The van der Waals surface area contributed by atoms with Crippen molar-refractivity contribution in [2.24, 2.45) is 0 Å². The van der Waals surface area contributed by atoms with E-state index in [9.17, 15) is 22.4 Å². The predicted octanol–water partition coefficient (Wildman–Crippen LogP) is 3.60. The number of carboxylic acid groups (broad SMARTS) is 1. The second-order valence-electron chi connectivity index (χ2n) is 3.93. The largest absolute Gasteiger partial charge is 0.476 e. The monoisotopic (exact) mass is 285 g/mol. The van der Waals surface area contributed by atoms with Gasteiger partial charge in [0, 0.05) is 11.8 Å². The maximum atomic E-state index is 12.8. The molecule has 0 atom stereocenters. The minimum atomic E-state index is -4.64. The van der Waals surface area contributed by atoms with Crippen LogP contribution in [0.15, 0.2) is 36.5 Å². The van der Waals surface area contributed by atoms with Crippen molar-refractivity contribution in [2.45, 2.75) is 6.18 Å². The lowest BCUT2D eigenvalue weighted by molar-refractivity contribution is -0.137. The molecule has 0 radical (unpaired) electrons. The lowest BCUT2D eigenvalue weighted by Crippen LogP contribution is -2.10. The maximum Gasteiger partial charge on any atom is 0.417 e. The number of rotatable bonds is 2. The number of aromatic carboxylic acids is 1. The van der Waals surface area contributed by atoms with Crippen LogP contribution >= 0.6 is 0 Å². The Morgan fingerprint density at radius 3 is 2.25 bits per heavy atom. The molecule has 104 valence electrons. The Kier molecular flexibility index (Phi) is 3.44. The third-order valence-electron chi connectivity index (χ3n) is 2.57. The molecule has 1 aromatic heterocycles. The van der Waals surface area contributed by atoms with Crippen molar-refractivity contribution >= 4 is 5.97 Å². The van der Waals surface area contributed by atoms with Gasteiger partial charge in [0.2, 0.25) is 0 Å². The minimum absolute atomic E-state index is 0.141. The number of nitrogens with zero attached hydrogens (tertiary/aromatic N) is 1. The Morgan fingerprint density at radius 1 is 1.15 bits per heavy atom. The molecule has 0 aliphatic heterocycles. The molecular weight excluding hydrogens is 278 g/mol. The third kappa shape index (κ3) is 2.76. The highest BCUT2D eigenvalue weighted by Crippen LogP contribution is 2.33. The van der Waals surface area contributed by atoms with Gasteiger partial charge in [0.05, 0.1) is 5.56 Å². The van der Waals surface area contributed by atoms with Crippen molar-refractivity contribution in [3.63, 3.8) is 0 Å². The zero-order chi connectivity index (χ0) is 14.9. The molecule has 1 heterocycles. The summed E-state index contributed by atoms with van der Waals surface area (Å²) in [5.74, 6) is -2.04. The number of alkyl halides is 3. The maximum absolute atomic E-state index is 12.8. The first-order valence-electron chi connectivity index (χ1n) is 5.35. The van der Waals surface area contributed by atoms with Crippen LogP contribution in [-0.4, -0.2) is 16.1 Å². The van der Waals surface area contributed by atoms with Crippen LogP contribution in [0.1, 0.15) is 16.1 Å². The van der Waals surface area contributed by atoms with Crippen molar-refractivity contribution in [3.8, 4) is 11.1 Å². The second-order valence-corrected chi connectivity index (χ2v) is 3.93. The van der Waals surface area contributed by atoms with E-state index in [0.717, 1.165) is 12.1 Å². The van der Waals surface area contributed by atoms with Crippen LogP contribution in [0.25, 0.3) is 11.1 Å². The third-order valence-corrected chi connectivity index (χ3v) is 2.57. The molecule has 7 heteroatoms. The lowest BCUT2D eigenvalue weighted by atomic mass is 10.0. The van der Waals surface area contributed by atoms with Crippen molar-refractivity contribution in [3.05, 3.63) is 53.6 Å². The summed E-state index contributed by atoms with van der Waals surface area (Å²) >= 11 is 0. The zero-order valence-electron chi connectivity index (χ0n) is 9.78. The number of carbonyl (C=O) groups is 1. The van der Waals surface area contributed by atoms with Gasteiger partial charge in [-0.25, -0.2) is 14.2 Å². The van der Waals surface area contributed by atoms with E-state index < -0.39 is 29.2 Å². The highest BCUT2D eigenvalue weighted by Gasteiger charge is 2.32. The summed E-state index contributed by atoms with van der Waals surface area (Å²) < 4.78 is 50.7. The fourth-order valence-electron chi connectivity index (χ4n) is 1.64. The van der Waals surface area contributed by atoms with E-state index in [1.54, 1.807) is 0 Å². The minimum Gasteiger partial charge on any atom is -0.476 e. The number of pyridine rings is 1. The first-order valence-corrected chi connectivity index (χ1v) is 5.35. The Hall–Kier alpha value is -2.44. The van der Waals surface area contributed by atoms with E-state index in [1.807, 2.05) is 0 Å². The molecule has 0 amide bonds. The molecule has 0 bridgehead atoms. The van der Waals surface area contributed by atoms with Gasteiger partial charge in [-0.15, -0.1) is 0 Å².